The Morgan fingerprint density at radius 1 is 1.46 bits per heavy atom. The molecular weight excluding hydrogens is 188 g/mol. The molecule has 0 radical (unpaired) electrons. The third-order valence-electron chi connectivity index (χ3n) is 1.46. The molecule has 0 saturated carbocycles. The van der Waals surface area contributed by atoms with E-state index in [4.69, 9.17) is 4.55 Å². The van der Waals surface area contributed by atoms with E-state index in [1.54, 1.807) is 6.07 Å². The van der Waals surface area contributed by atoms with Crippen molar-refractivity contribution < 1.29 is 8.76 Å². The van der Waals surface area contributed by atoms with Gasteiger partial charge in [0.1, 0.15) is 0 Å². The molecule has 4 nitrogen and oxygen atoms in total. The van der Waals surface area contributed by atoms with Gasteiger partial charge in [-0.3, -0.25) is 0 Å². The van der Waals surface area contributed by atoms with Gasteiger partial charge in [0.25, 0.3) is 0 Å². The number of benzene rings is 1. The van der Waals surface area contributed by atoms with Gasteiger partial charge in [0.05, 0.1) is 5.69 Å². The molecule has 1 unspecified atom stereocenters. The van der Waals surface area contributed by atoms with E-state index in [2.05, 4.69) is 10.2 Å². The zero-order chi connectivity index (χ0) is 9.68. The monoisotopic (exact) mass is 198 g/mol. The molecule has 0 amide bonds. The lowest BCUT2D eigenvalue weighted by atomic mass is 10.2. The highest BCUT2D eigenvalue weighted by Crippen LogP contribution is 2.17. The molecule has 0 aliphatic carbocycles. The first-order valence-electron chi connectivity index (χ1n) is 3.71. The zero-order valence-corrected chi connectivity index (χ0v) is 7.99. The Hall–Kier alpha value is -1.07. The summed E-state index contributed by atoms with van der Waals surface area (Å²) < 4.78 is 18.6. The lowest BCUT2D eigenvalue weighted by Crippen LogP contribution is -1.88. The van der Waals surface area contributed by atoms with Crippen LogP contribution < -0.4 is 0 Å². The quantitative estimate of drug-likeness (QED) is 0.598. The van der Waals surface area contributed by atoms with Crippen LogP contribution in [0.3, 0.4) is 0 Å². The Morgan fingerprint density at radius 2 is 2.15 bits per heavy atom. The number of hydrogen-bond donors (Lipinski definition) is 1. The number of hydrogen-bond acceptors (Lipinski definition) is 3. The van der Waals surface area contributed by atoms with Crippen molar-refractivity contribution in [1.29, 1.82) is 0 Å². The largest absolute Gasteiger partial charge is 0.305 e. The van der Waals surface area contributed by atoms with Crippen molar-refractivity contribution in [3.63, 3.8) is 0 Å². The van der Waals surface area contributed by atoms with E-state index in [0.29, 0.717) is 0 Å². The minimum Gasteiger partial charge on any atom is -0.305 e. The smallest absolute Gasteiger partial charge is 0.177 e. The molecular formula is C8H10N2O2S. The van der Waals surface area contributed by atoms with Crippen LogP contribution in [0, 0.1) is 6.92 Å². The molecule has 5 heteroatoms. The molecule has 13 heavy (non-hydrogen) atoms. The van der Waals surface area contributed by atoms with Gasteiger partial charge in [-0.15, -0.1) is 0 Å². The molecule has 1 aromatic rings. The molecule has 70 valence electrons. The normalized spacial score (nSPS) is 13.4. The summed E-state index contributed by atoms with van der Waals surface area (Å²) in [4.78, 5) is 0. The molecule has 1 aromatic carbocycles. The van der Waals surface area contributed by atoms with Gasteiger partial charge in [0.15, 0.2) is 17.0 Å². The summed E-state index contributed by atoms with van der Waals surface area (Å²) in [6, 6.07) is 7.46. The van der Waals surface area contributed by atoms with Gasteiger partial charge in [-0.2, -0.15) is 10.2 Å². The van der Waals surface area contributed by atoms with Crippen LogP contribution in [0.4, 0.5) is 5.69 Å². The number of rotatable bonds is 3. The zero-order valence-electron chi connectivity index (χ0n) is 7.17. The Morgan fingerprint density at radius 3 is 2.77 bits per heavy atom. The van der Waals surface area contributed by atoms with Gasteiger partial charge in [-0.05, 0) is 18.6 Å². The maximum atomic E-state index is 10.2. The lowest BCUT2D eigenvalue weighted by molar-refractivity contribution is 0.564. The second-order valence-electron chi connectivity index (χ2n) is 2.48. The van der Waals surface area contributed by atoms with Gasteiger partial charge in [-0.1, -0.05) is 18.2 Å². The third-order valence-corrected chi connectivity index (χ3v) is 1.80. The van der Waals surface area contributed by atoms with E-state index in [1.165, 1.54) is 0 Å². The molecule has 0 aliphatic rings. The third kappa shape index (κ3) is 3.43. The second kappa shape index (κ2) is 4.84. The van der Waals surface area contributed by atoms with Gasteiger partial charge in [-0.25, -0.2) is 4.21 Å². The highest BCUT2D eigenvalue weighted by molar-refractivity contribution is 7.79. The number of aryl methyl sites for hydroxylation is 1. The topological polar surface area (TPSA) is 62.0 Å². The van der Waals surface area contributed by atoms with Gasteiger partial charge in [0.2, 0.25) is 0 Å². The molecule has 0 aliphatic heterocycles. The van der Waals surface area contributed by atoms with E-state index in [9.17, 15) is 4.21 Å². The van der Waals surface area contributed by atoms with E-state index in [-0.39, 0.29) is 5.88 Å². The van der Waals surface area contributed by atoms with Crippen molar-refractivity contribution in [2.24, 2.45) is 10.2 Å². The Kier molecular flexibility index (Phi) is 3.72. The SMILES string of the molecule is Cc1ccccc1N=NCS(=O)O. The molecule has 0 aromatic heterocycles. The molecule has 0 fully saturated rings. The summed E-state index contributed by atoms with van der Waals surface area (Å²) in [7, 11) is 0. The number of azo groups is 1. The predicted octanol–water partition coefficient (Wildman–Crippen LogP) is 2.26. The Bertz CT molecular complexity index is 339. The van der Waals surface area contributed by atoms with Crippen LogP contribution in [0.1, 0.15) is 5.56 Å². The molecule has 0 saturated heterocycles. The maximum Gasteiger partial charge on any atom is 0.177 e. The van der Waals surface area contributed by atoms with Gasteiger partial charge < -0.3 is 4.55 Å². The average molecular weight is 198 g/mol. The van der Waals surface area contributed by atoms with Crippen LogP contribution in [0.25, 0.3) is 0 Å². The molecule has 1 rings (SSSR count). The van der Waals surface area contributed by atoms with Crippen LogP contribution >= 0.6 is 0 Å². The summed E-state index contributed by atoms with van der Waals surface area (Å²) in [6.45, 7) is 1.91. The van der Waals surface area contributed by atoms with E-state index in [0.717, 1.165) is 11.3 Å². The van der Waals surface area contributed by atoms with E-state index >= 15 is 0 Å². The summed E-state index contributed by atoms with van der Waals surface area (Å²) in [5, 5.41) is 7.39. The van der Waals surface area contributed by atoms with Crippen molar-refractivity contribution in [1.82, 2.24) is 0 Å². The highest BCUT2D eigenvalue weighted by atomic mass is 32.2. The molecule has 0 bridgehead atoms. The molecule has 0 spiro atoms. The fraction of sp³-hybridized carbons (Fsp3) is 0.250. The van der Waals surface area contributed by atoms with Crippen molar-refractivity contribution in [2.75, 3.05) is 5.88 Å². The Labute approximate surface area is 79.0 Å². The molecule has 1 N–H and O–H groups in total. The van der Waals surface area contributed by atoms with Crippen LogP contribution in [0.15, 0.2) is 34.5 Å². The fourth-order valence-corrected chi connectivity index (χ4v) is 0.987. The van der Waals surface area contributed by atoms with Crippen LogP contribution in [-0.4, -0.2) is 14.6 Å². The van der Waals surface area contributed by atoms with E-state index in [1.807, 2.05) is 25.1 Å². The first kappa shape index (κ1) is 10.0. The van der Waals surface area contributed by atoms with Crippen molar-refractivity contribution in [3.8, 4) is 0 Å². The maximum absolute atomic E-state index is 10.2. The standard InChI is InChI=1S/C8H10N2O2S/c1-7-4-2-3-5-8(7)10-9-6-13(11)12/h2-5H,6H2,1H3,(H,11,12). The summed E-state index contributed by atoms with van der Waals surface area (Å²) in [5.41, 5.74) is 1.72. The van der Waals surface area contributed by atoms with Crippen molar-refractivity contribution in [2.45, 2.75) is 6.92 Å². The molecule has 0 heterocycles. The minimum atomic E-state index is -1.91. The number of nitrogens with zero attached hydrogens (tertiary/aromatic N) is 2. The second-order valence-corrected chi connectivity index (χ2v) is 3.38. The summed E-state index contributed by atoms with van der Waals surface area (Å²) >= 11 is -1.91. The van der Waals surface area contributed by atoms with Crippen LogP contribution in [-0.2, 0) is 11.1 Å². The van der Waals surface area contributed by atoms with Gasteiger partial charge in [0, 0.05) is 0 Å². The summed E-state index contributed by atoms with van der Waals surface area (Å²) in [5.74, 6) is -0.172. The summed E-state index contributed by atoms with van der Waals surface area (Å²) in [6.07, 6.45) is 0. The van der Waals surface area contributed by atoms with Crippen LogP contribution in [0.5, 0.6) is 0 Å². The van der Waals surface area contributed by atoms with Crippen molar-refractivity contribution in [3.05, 3.63) is 29.8 Å². The van der Waals surface area contributed by atoms with Crippen molar-refractivity contribution >= 4 is 16.8 Å². The van der Waals surface area contributed by atoms with E-state index < -0.39 is 11.1 Å². The Balaban J connectivity index is 2.68. The lowest BCUT2D eigenvalue weighted by Gasteiger charge is -1.95. The van der Waals surface area contributed by atoms with Gasteiger partial charge >= 0.3 is 0 Å². The van der Waals surface area contributed by atoms with Crippen LogP contribution in [0.2, 0.25) is 0 Å². The average Bonchev–Trinajstić information content (AvgIpc) is 2.08. The minimum absolute atomic E-state index is 0.172. The predicted molar refractivity (Wildman–Crippen MR) is 51.3 cm³/mol. The molecule has 1 atom stereocenters. The first-order valence-corrected chi connectivity index (χ1v) is 4.98. The highest BCUT2D eigenvalue weighted by Gasteiger charge is 1.93. The first-order chi connectivity index (χ1) is 6.20. The fourth-order valence-electron chi connectivity index (χ4n) is 0.830.